The molecule has 0 aromatic carbocycles. The van der Waals surface area contributed by atoms with Crippen molar-refractivity contribution in [1.82, 2.24) is 15.0 Å². The van der Waals surface area contributed by atoms with Crippen LogP contribution in [0, 0.1) is 0 Å². The standard InChI is InChI=1S/C18H18N4O3/c1-12(4-5-14-3-2-10-25-14)21-18-20-9-7-15(22-18)16-11-13(17(23)24)6-8-19-16/h2-3,6-12H,4-5H2,1H3,(H,23,24)(H,20,21,22). The number of aromatic nitrogens is 3. The van der Waals surface area contributed by atoms with E-state index in [4.69, 9.17) is 9.52 Å². The first-order valence-electron chi connectivity index (χ1n) is 7.93. The Morgan fingerprint density at radius 1 is 1.24 bits per heavy atom. The van der Waals surface area contributed by atoms with Gasteiger partial charge in [-0.25, -0.2) is 14.8 Å². The number of carbonyl (C=O) groups is 1. The fourth-order valence-electron chi connectivity index (χ4n) is 2.38. The van der Waals surface area contributed by atoms with Gasteiger partial charge >= 0.3 is 5.97 Å². The average Bonchev–Trinajstić information content (AvgIpc) is 3.14. The number of nitrogens with zero attached hydrogens (tertiary/aromatic N) is 3. The maximum absolute atomic E-state index is 11.1. The number of aromatic carboxylic acids is 1. The van der Waals surface area contributed by atoms with Crippen molar-refractivity contribution in [3.05, 3.63) is 60.3 Å². The van der Waals surface area contributed by atoms with Crippen molar-refractivity contribution in [2.24, 2.45) is 0 Å². The molecule has 7 heteroatoms. The molecule has 3 aromatic rings. The number of nitrogens with one attached hydrogen (secondary N) is 1. The van der Waals surface area contributed by atoms with Gasteiger partial charge in [-0.05, 0) is 43.7 Å². The second-order valence-corrected chi connectivity index (χ2v) is 5.66. The van der Waals surface area contributed by atoms with Crippen LogP contribution in [-0.4, -0.2) is 32.1 Å². The van der Waals surface area contributed by atoms with Crippen LogP contribution in [0.4, 0.5) is 5.95 Å². The number of aryl methyl sites for hydroxylation is 1. The zero-order valence-electron chi connectivity index (χ0n) is 13.7. The lowest BCUT2D eigenvalue weighted by molar-refractivity contribution is 0.0697. The second kappa shape index (κ2) is 7.57. The van der Waals surface area contributed by atoms with E-state index in [0.29, 0.717) is 17.3 Å². The molecule has 128 valence electrons. The van der Waals surface area contributed by atoms with Gasteiger partial charge in [0, 0.05) is 24.9 Å². The highest BCUT2D eigenvalue weighted by Gasteiger charge is 2.10. The van der Waals surface area contributed by atoms with E-state index >= 15 is 0 Å². The molecule has 1 unspecified atom stereocenters. The van der Waals surface area contributed by atoms with Crippen LogP contribution in [0.15, 0.2) is 53.4 Å². The van der Waals surface area contributed by atoms with Gasteiger partial charge in [-0.2, -0.15) is 0 Å². The van der Waals surface area contributed by atoms with Crippen molar-refractivity contribution < 1.29 is 14.3 Å². The molecule has 0 fully saturated rings. The molecule has 3 aromatic heterocycles. The largest absolute Gasteiger partial charge is 0.478 e. The summed E-state index contributed by atoms with van der Waals surface area (Å²) in [5, 5.41) is 12.3. The fourth-order valence-corrected chi connectivity index (χ4v) is 2.38. The van der Waals surface area contributed by atoms with Crippen molar-refractivity contribution in [3.63, 3.8) is 0 Å². The van der Waals surface area contributed by atoms with Gasteiger partial charge in [-0.1, -0.05) is 0 Å². The Balaban J connectivity index is 1.68. The summed E-state index contributed by atoms with van der Waals surface area (Å²) >= 11 is 0. The fraction of sp³-hybridized carbons (Fsp3) is 0.222. The van der Waals surface area contributed by atoms with E-state index in [2.05, 4.69) is 20.3 Å². The van der Waals surface area contributed by atoms with Crippen LogP contribution in [0.3, 0.4) is 0 Å². The monoisotopic (exact) mass is 338 g/mol. The molecule has 0 amide bonds. The first-order valence-corrected chi connectivity index (χ1v) is 7.93. The number of hydrogen-bond donors (Lipinski definition) is 2. The summed E-state index contributed by atoms with van der Waals surface area (Å²) in [6, 6.07) is 8.62. The minimum absolute atomic E-state index is 0.152. The van der Waals surface area contributed by atoms with Crippen LogP contribution in [0.5, 0.6) is 0 Å². The maximum atomic E-state index is 11.1. The summed E-state index contributed by atoms with van der Waals surface area (Å²) in [7, 11) is 0. The summed E-state index contributed by atoms with van der Waals surface area (Å²) in [5.74, 6) is 0.424. The third kappa shape index (κ3) is 4.41. The van der Waals surface area contributed by atoms with Gasteiger partial charge in [0.2, 0.25) is 5.95 Å². The minimum atomic E-state index is -0.998. The van der Waals surface area contributed by atoms with Gasteiger partial charge < -0.3 is 14.8 Å². The minimum Gasteiger partial charge on any atom is -0.478 e. The molecule has 0 aliphatic carbocycles. The normalized spacial score (nSPS) is 11.9. The molecule has 0 saturated heterocycles. The first kappa shape index (κ1) is 16.6. The van der Waals surface area contributed by atoms with Crippen molar-refractivity contribution in [2.75, 3.05) is 5.32 Å². The molecule has 0 saturated carbocycles. The predicted molar refractivity (Wildman–Crippen MR) is 92.3 cm³/mol. The van der Waals surface area contributed by atoms with Crippen molar-refractivity contribution in [3.8, 4) is 11.4 Å². The lowest BCUT2D eigenvalue weighted by Gasteiger charge is -2.13. The van der Waals surface area contributed by atoms with Gasteiger partial charge in [0.1, 0.15) is 5.76 Å². The van der Waals surface area contributed by atoms with Crippen LogP contribution in [0.1, 0.15) is 29.5 Å². The Morgan fingerprint density at radius 2 is 2.08 bits per heavy atom. The summed E-state index contributed by atoms with van der Waals surface area (Å²) in [5.41, 5.74) is 1.23. The molecule has 1 atom stereocenters. The molecule has 3 heterocycles. The van der Waals surface area contributed by atoms with Gasteiger partial charge in [-0.15, -0.1) is 0 Å². The first-order chi connectivity index (χ1) is 12.1. The zero-order chi connectivity index (χ0) is 17.6. The van der Waals surface area contributed by atoms with E-state index in [0.717, 1.165) is 18.6 Å². The Labute approximate surface area is 144 Å². The number of furan rings is 1. The summed E-state index contributed by atoms with van der Waals surface area (Å²) in [4.78, 5) is 23.9. The van der Waals surface area contributed by atoms with Crippen LogP contribution in [0.25, 0.3) is 11.4 Å². The molecule has 0 radical (unpaired) electrons. The molecule has 0 spiro atoms. The predicted octanol–water partition coefficient (Wildman–Crippen LogP) is 3.26. The summed E-state index contributed by atoms with van der Waals surface area (Å²) < 4.78 is 5.33. The Morgan fingerprint density at radius 3 is 2.84 bits per heavy atom. The molecule has 0 bridgehead atoms. The van der Waals surface area contributed by atoms with Gasteiger partial charge in [0.15, 0.2) is 0 Å². The van der Waals surface area contributed by atoms with Gasteiger partial charge in [0.05, 0.1) is 23.2 Å². The lowest BCUT2D eigenvalue weighted by Crippen LogP contribution is -2.18. The number of anilines is 1. The van der Waals surface area contributed by atoms with E-state index < -0.39 is 5.97 Å². The van der Waals surface area contributed by atoms with Crippen molar-refractivity contribution in [1.29, 1.82) is 0 Å². The molecule has 0 aliphatic rings. The van der Waals surface area contributed by atoms with Crippen molar-refractivity contribution in [2.45, 2.75) is 25.8 Å². The van der Waals surface area contributed by atoms with Crippen LogP contribution >= 0.6 is 0 Å². The molecular weight excluding hydrogens is 320 g/mol. The van der Waals surface area contributed by atoms with E-state index in [9.17, 15) is 4.79 Å². The maximum Gasteiger partial charge on any atom is 0.335 e. The van der Waals surface area contributed by atoms with E-state index in [1.54, 1.807) is 18.5 Å². The summed E-state index contributed by atoms with van der Waals surface area (Å²) in [6.07, 6.45) is 6.44. The quantitative estimate of drug-likeness (QED) is 0.681. The van der Waals surface area contributed by atoms with E-state index in [-0.39, 0.29) is 11.6 Å². The Bertz CT molecular complexity index is 849. The number of pyridine rings is 1. The van der Waals surface area contributed by atoms with Crippen LogP contribution < -0.4 is 5.32 Å². The third-order valence-corrected chi connectivity index (χ3v) is 3.70. The molecule has 2 N–H and O–H groups in total. The average molecular weight is 338 g/mol. The number of carboxylic acid groups (broad SMARTS) is 1. The summed E-state index contributed by atoms with van der Waals surface area (Å²) in [6.45, 7) is 2.04. The molecule has 0 aliphatic heterocycles. The molecule has 7 nitrogen and oxygen atoms in total. The van der Waals surface area contributed by atoms with Crippen LogP contribution in [0.2, 0.25) is 0 Å². The van der Waals surface area contributed by atoms with E-state index in [1.165, 1.54) is 18.3 Å². The SMILES string of the molecule is CC(CCc1ccco1)Nc1nccc(-c2cc(C(=O)O)ccn2)n1. The highest BCUT2D eigenvalue weighted by molar-refractivity contribution is 5.88. The molecule has 3 rings (SSSR count). The topological polar surface area (TPSA) is 101 Å². The van der Waals surface area contributed by atoms with Gasteiger partial charge in [0.25, 0.3) is 0 Å². The Kier molecular flexibility index (Phi) is 5.03. The van der Waals surface area contributed by atoms with Crippen molar-refractivity contribution >= 4 is 11.9 Å². The molecule has 25 heavy (non-hydrogen) atoms. The lowest BCUT2D eigenvalue weighted by atomic mass is 10.1. The third-order valence-electron chi connectivity index (χ3n) is 3.70. The molecular formula is C18H18N4O3. The number of hydrogen-bond acceptors (Lipinski definition) is 6. The number of carboxylic acids is 1. The number of rotatable bonds is 7. The highest BCUT2D eigenvalue weighted by Crippen LogP contribution is 2.17. The van der Waals surface area contributed by atoms with E-state index in [1.807, 2.05) is 19.1 Å². The second-order valence-electron chi connectivity index (χ2n) is 5.66. The zero-order valence-corrected chi connectivity index (χ0v) is 13.7. The van der Waals surface area contributed by atoms with Crippen LogP contribution in [-0.2, 0) is 6.42 Å². The smallest absolute Gasteiger partial charge is 0.335 e. The van der Waals surface area contributed by atoms with Gasteiger partial charge in [-0.3, -0.25) is 4.98 Å². The Hall–Kier alpha value is -3.22. The highest BCUT2D eigenvalue weighted by atomic mass is 16.4.